The van der Waals surface area contributed by atoms with Crippen molar-refractivity contribution in [3.8, 4) is 0 Å². The molecule has 0 aromatic carbocycles. The van der Waals surface area contributed by atoms with Gasteiger partial charge in [-0.2, -0.15) is 0 Å². The molecule has 0 radical (unpaired) electrons. The van der Waals surface area contributed by atoms with Gasteiger partial charge in [-0.25, -0.2) is 0 Å². The minimum absolute atomic E-state index is 0.0559. The Morgan fingerprint density at radius 3 is 0.786 bits per heavy atom. The number of carbonyl (C=O) groups excluding carboxylic acids is 2. The summed E-state index contributed by atoms with van der Waals surface area (Å²) in [6.45, 7) is 4.20. The Hall–Kier alpha value is -1.10. The highest BCUT2D eigenvalue weighted by molar-refractivity contribution is 5.70. The summed E-state index contributed by atoms with van der Waals surface area (Å²) in [6.07, 6.45) is 56.3. The van der Waals surface area contributed by atoms with Crippen LogP contribution in [0.2, 0.25) is 0 Å². The lowest BCUT2D eigenvalue weighted by atomic mass is 10.0. The standard InChI is InChI=1S/C51H100O5/c1-3-5-7-9-11-13-15-17-19-21-23-25-27-29-31-33-35-37-39-41-43-45-50(53)55-48-49(47-52)56-51(54)46-44-42-40-38-36-34-32-30-28-26-24-22-20-18-16-14-12-10-8-6-4-2/h49,52H,3-48H2,1-2H3/t49-/m0/s1. The zero-order valence-corrected chi connectivity index (χ0v) is 38.2. The molecule has 0 heterocycles. The van der Waals surface area contributed by atoms with Gasteiger partial charge in [0.2, 0.25) is 0 Å². The number of carbonyl (C=O) groups is 2. The summed E-state index contributed by atoms with van der Waals surface area (Å²) < 4.78 is 10.7. The molecule has 0 unspecified atom stereocenters. The van der Waals surface area contributed by atoms with Crippen molar-refractivity contribution in [1.29, 1.82) is 0 Å². The SMILES string of the molecule is CCCCCCCCCCCCCCCCCCCCCCCC(=O)OC[C@H](CO)OC(=O)CCCCCCCCCCCCCCCCCCCCCCC. The van der Waals surface area contributed by atoms with Gasteiger partial charge in [0, 0.05) is 12.8 Å². The number of esters is 2. The molecular weight excluding hydrogens is 693 g/mol. The first kappa shape index (κ1) is 54.9. The molecular formula is C51H100O5. The maximum absolute atomic E-state index is 12.3. The van der Waals surface area contributed by atoms with Gasteiger partial charge in [0.05, 0.1) is 6.61 Å². The highest BCUT2D eigenvalue weighted by Gasteiger charge is 2.16. The molecule has 0 saturated heterocycles. The van der Waals surface area contributed by atoms with Gasteiger partial charge < -0.3 is 14.6 Å². The predicted molar refractivity (Wildman–Crippen MR) is 242 cm³/mol. The van der Waals surface area contributed by atoms with Gasteiger partial charge in [0.15, 0.2) is 6.10 Å². The van der Waals surface area contributed by atoms with Gasteiger partial charge in [-0.1, -0.05) is 271 Å². The smallest absolute Gasteiger partial charge is 0.306 e. The average Bonchev–Trinajstić information content (AvgIpc) is 3.20. The molecule has 0 aromatic heterocycles. The highest BCUT2D eigenvalue weighted by atomic mass is 16.6. The van der Waals surface area contributed by atoms with Crippen molar-refractivity contribution in [2.24, 2.45) is 0 Å². The fourth-order valence-electron chi connectivity index (χ4n) is 8.03. The third kappa shape index (κ3) is 45.6. The van der Waals surface area contributed by atoms with Gasteiger partial charge >= 0.3 is 11.9 Å². The fraction of sp³-hybridized carbons (Fsp3) is 0.961. The van der Waals surface area contributed by atoms with Crippen LogP contribution in [-0.4, -0.2) is 36.4 Å². The Kier molecular flexibility index (Phi) is 47.3. The summed E-state index contributed by atoms with van der Waals surface area (Å²) in [5.41, 5.74) is 0. The first-order chi connectivity index (χ1) is 27.6. The van der Waals surface area contributed by atoms with E-state index in [2.05, 4.69) is 13.8 Å². The lowest BCUT2D eigenvalue weighted by molar-refractivity contribution is -0.161. The molecule has 0 aliphatic carbocycles. The van der Waals surface area contributed by atoms with Crippen LogP contribution in [0.15, 0.2) is 0 Å². The molecule has 0 aliphatic heterocycles. The lowest BCUT2D eigenvalue weighted by Gasteiger charge is -2.15. The van der Waals surface area contributed by atoms with Crippen molar-refractivity contribution in [1.82, 2.24) is 0 Å². The van der Waals surface area contributed by atoms with Crippen molar-refractivity contribution in [3.63, 3.8) is 0 Å². The Labute approximate surface area is 350 Å². The van der Waals surface area contributed by atoms with Crippen LogP contribution in [0.25, 0.3) is 0 Å². The Morgan fingerprint density at radius 1 is 0.339 bits per heavy atom. The molecule has 5 heteroatoms. The second kappa shape index (κ2) is 48.3. The summed E-state index contributed by atoms with van der Waals surface area (Å²) in [6, 6.07) is 0. The quantitative estimate of drug-likeness (QED) is 0.0491. The normalized spacial score (nSPS) is 12.0. The second-order valence-corrected chi connectivity index (χ2v) is 17.6. The molecule has 0 saturated carbocycles. The molecule has 1 atom stereocenters. The average molecular weight is 793 g/mol. The third-order valence-corrected chi connectivity index (χ3v) is 11.9. The second-order valence-electron chi connectivity index (χ2n) is 17.6. The van der Waals surface area contributed by atoms with Gasteiger partial charge in [0.25, 0.3) is 0 Å². The molecule has 0 aliphatic rings. The molecule has 334 valence electrons. The number of hydrogen-bond acceptors (Lipinski definition) is 5. The van der Waals surface area contributed by atoms with E-state index in [-0.39, 0.29) is 25.2 Å². The molecule has 0 aromatic rings. The van der Waals surface area contributed by atoms with Crippen LogP contribution in [-0.2, 0) is 19.1 Å². The monoisotopic (exact) mass is 793 g/mol. The number of hydrogen-bond donors (Lipinski definition) is 1. The molecule has 56 heavy (non-hydrogen) atoms. The molecule has 5 nitrogen and oxygen atoms in total. The van der Waals surface area contributed by atoms with Crippen LogP contribution in [0.5, 0.6) is 0 Å². The van der Waals surface area contributed by atoms with Crippen LogP contribution in [0.4, 0.5) is 0 Å². The zero-order chi connectivity index (χ0) is 40.7. The largest absolute Gasteiger partial charge is 0.462 e. The maximum Gasteiger partial charge on any atom is 0.306 e. The van der Waals surface area contributed by atoms with Gasteiger partial charge in [0.1, 0.15) is 6.61 Å². The van der Waals surface area contributed by atoms with Crippen molar-refractivity contribution in [3.05, 3.63) is 0 Å². The maximum atomic E-state index is 12.3. The number of unbranched alkanes of at least 4 members (excludes halogenated alkanes) is 40. The Balaban J connectivity index is 3.42. The summed E-state index contributed by atoms with van der Waals surface area (Å²) in [7, 11) is 0. The van der Waals surface area contributed by atoms with E-state index in [1.54, 1.807) is 0 Å². The van der Waals surface area contributed by atoms with E-state index < -0.39 is 6.10 Å². The molecule has 0 bridgehead atoms. The summed E-state index contributed by atoms with van der Waals surface area (Å²) in [4.78, 5) is 24.4. The van der Waals surface area contributed by atoms with E-state index in [4.69, 9.17) is 9.47 Å². The zero-order valence-electron chi connectivity index (χ0n) is 38.2. The predicted octanol–water partition coefficient (Wildman–Crippen LogP) is 16.6. The van der Waals surface area contributed by atoms with E-state index in [0.29, 0.717) is 12.8 Å². The highest BCUT2D eigenvalue weighted by Crippen LogP contribution is 2.17. The van der Waals surface area contributed by atoms with Crippen molar-refractivity contribution < 1.29 is 24.2 Å². The van der Waals surface area contributed by atoms with Gasteiger partial charge in [-0.05, 0) is 12.8 Å². The number of aliphatic hydroxyl groups is 1. The van der Waals surface area contributed by atoms with E-state index in [1.807, 2.05) is 0 Å². The first-order valence-electron chi connectivity index (χ1n) is 25.6. The van der Waals surface area contributed by atoms with Crippen LogP contribution < -0.4 is 0 Å². The van der Waals surface area contributed by atoms with Crippen LogP contribution >= 0.6 is 0 Å². The van der Waals surface area contributed by atoms with Crippen molar-refractivity contribution in [2.45, 2.75) is 302 Å². The minimum Gasteiger partial charge on any atom is -0.462 e. The lowest BCUT2D eigenvalue weighted by Crippen LogP contribution is -2.28. The van der Waals surface area contributed by atoms with E-state index in [1.165, 1.54) is 238 Å². The minimum atomic E-state index is -0.763. The van der Waals surface area contributed by atoms with Crippen molar-refractivity contribution in [2.75, 3.05) is 13.2 Å². The number of aliphatic hydroxyl groups excluding tert-OH is 1. The van der Waals surface area contributed by atoms with E-state index >= 15 is 0 Å². The van der Waals surface area contributed by atoms with E-state index in [9.17, 15) is 14.7 Å². The summed E-state index contributed by atoms with van der Waals surface area (Å²) >= 11 is 0. The molecule has 0 amide bonds. The first-order valence-corrected chi connectivity index (χ1v) is 25.6. The van der Waals surface area contributed by atoms with Crippen LogP contribution in [0.3, 0.4) is 0 Å². The third-order valence-electron chi connectivity index (χ3n) is 11.9. The molecule has 0 fully saturated rings. The number of rotatable bonds is 48. The Morgan fingerprint density at radius 2 is 0.554 bits per heavy atom. The fourth-order valence-corrected chi connectivity index (χ4v) is 8.03. The van der Waals surface area contributed by atoms with Gasteiger partial charge in [-0.3, -0.25) is 9.59 Å². The summed E-state index contributed by atoms with van der Waals surface area (Å²) in [5, 5.41) is 9.62. The molecule has 1 N–H and O–H groups in total. The Bertz CT molecular complexity index is 769. The number of ether oxygens (including phenoxy) is 2. The van der Waals surface area contributed by atoms with Crippen LogP contribution in [0.1, 0.15) is 296 Å². The van der Waals surface area contributed by atoms with Gasteiger partial charge in [-0.15, -0.1) is 0 Å². The van der Waals surface area contributed by atoms with Crippen LogP contribution in [0, 0.1) is 0 Å². The topological polar surface area (TPSA) is 72.8 Å². The van der Waals surface area contributed by atoms with E-state index in [0.717, 1.165) is 32.1 Å². The van der Waals surface area contributed by atoms with Crippen molar-refractivity contribution >= 4 is 11.9 Å². The molecule has 0 spiro atoms. The molecule has 0 rings (SSSR count). The summed E-state index contributed by atoms with van der Waals surface area (Å²) in [5.74, 6) is -0.566.